The summed E-state index contributed by atoms with van der Waals surface area (Å²) in [6, 6.07) is 10.5. The van der Waals surface area contributed by atoms with E-state index in [-0.39, 0.29) is 24.9 Å². The Labute approximate surface area is 240 Å². The third-order valence-corrected chi connectivity index (χ3v) is 8.34. The summed E-state index contributed by atoms with van der Waals surface area (Å²) in [7, 11) is 0. The number of carbonyl (C=O) groups excluding carboxylic acids is 3. The lowest BCUT2D eigenvalue weighted by atomic mass is 9.79. The van der Waals surface area contributed by atoms with E-state index >= 15 is 0 Å². The molecule has 1 saturated carbocycles. The van der Waals surface area contributed by atoms with Crippen molar-refractivity contribution in [1.29, 1.82) is 5.41 Å². The fraction of sp³-hybridized carbons (Fsp3) is 0.533. The molecule has 0 unspecified atom stereocenters. The van der Waals surface area contributed by atoms with Crippen molar-refractivity contribution in [2.45, 2.75) is 84.1 Å². The second kappa shape index (κ2) is 13.3. The van der Waals surface area contributed by atoms with Gasteiger partial charge in [-0.1, -0.05) is 62.4 Å². The monoisotopic (exact) mass is 568 g/mol. The van der Waals surface area contributed by atoms with Crippen LogP contribution in [0.1, 0.15) is 75.3 Å². The van der Waals surface area contributed by atoms with Crippen molar-refractivity contribution in [2.24, 2.45) is 11.8 Å². The number of hydrogen-bond donors (Lipinski definition) is 3. The second-order valence-electron chi connectivity index (χ2n) is 11.6. The van der Waals surface area contributed by atoms with Gasteiger partial charge >= 0.3 is 12.2 Å². The molecule has 2 aliphatic rings. The first-order valence-corrected chi connectivity index (χ1v) is 14.9. The zero-order valence-corrected chi connectivity index (χ0v) is 24.4. The van der Waals surface area contributed by atoms with Gasteiger partial charge in [-0.2, -0.15) is 0 Å². The highest BCUT2D eigenvalue weighted by Crippen LogP contribution is 2.38. The highest BCUT2D eigenvalue weighted by Gasteiger charge is 2.43. The van der Waals surface area contributed by atoms with Gasteiger partial charge in [-0.25, -0.2) is 9.59 Å². The highest BCUT2D eigenvalue weighted by atomic mass is 32.1. The Morgan fingerprint density at radius 2 is 1.80 bits per heavy atom. The van der Waals surface area contributed by atoms with Crippen molar-refractivity contribution in [2.75, 3.05) is 6.54 Å². The van der Waals surface area contributed by atoms with Crippen molar-refractivity contribution in [1.82, 2.24) is 15.5 Å². The van der Waals surface area contributed by atoms with E-state index in [1.54, 1.807) is 16.3 Å². The molecule has 9 nitrogen and oxygen atoms in total. The number of carbonyl (C=O) groups is 3. The van der Waals surface area contributed by atoms with E-state index in [1.807, 2.05) is 51.1 Å². The Bertz CT molecular complexity index is 1190. The molecule has 216 valence electrons. The molecule has 1 aliphatic carbocycles. The van der Waals surface area contributed by atoms with E-state index in [9.17, 15) is 14.4 Å². The van der Waals surface area contributed by atoms with Crippen LogP contribution < -0.4 is 10.6 Å². The van der Waals surface area contributed by atoms with Gasteiger partial charge in [0.1, 0.15) is 24.1 Å². The smallest absolute Gasteiger partial charge is 0.413 e. The van der Waals surface area contributed by atoms with Crippen LogP contribution in [0, 0.1) is 17.2 Å². The van der Waals surface area contributed by atoms with Crippen molar-refractivity contribution in [3.63, 3.8) is 0 Å². The molecule has 0 spiro atoms. The largest absolute Gasteiger partial charge is 0.444 e. The van der Waals surface area contributed by atoms with Gasteiger partial charge in [0.25, 0.3) is 0 Å². The maximum absolute atomic E-state index is 13.3. The highest BCUT2D eigenvalue weighted by molar-refractivity contribution is 7.10. The van der Waals surface area contributed by atoms with E-state index in [0.717, 1.165) is 23.3 Å². The van der Waals surface area contributed by atoms with Gasteiger partial charge in [0, 0.05) is 22.4 Å². The molecule has 1 aliphatic heterocycles. The van der Waals surface area contributed by atoms with Crippen molar-refractivity contribution in [3.05, 3.63) is 57.8 Å². The van der Waals surface area contributed by atoms with Crippen LogP contribution in [-0.2, 0) is 27.4 Å². The fourth-order valence-electron chi connectivity index (χ4n) is 5.42. The lowest BCUT2D eigenvalue weighted by molar-refractivity contribution is -0.125. The number of nitrogens with zero attached hydrogens (tertiary/aromatic N) is 1. The van der Waals surface area contributed by atoms with E-state index in [1.165, 1.54) is 30.6 Å². The van der Waals surface area contributed by atoms with Gasteiger partial charge in [0.15, 0.2) is 0 Å². The number of rotatable bonds is 7. The zero-order valence-electron chi connectivity index (χ0n) is 23.5. The number of amides is 3. The average Bonchev–Trinajstić information content (AvgIpc) is 3.59. The Hall–Kier alpha value is -3.40. The van der Waals surface area contributed by atoms with Crippen LogP contribution in [0.5, 0.6) is 0 Å². The molecule has 4 rings (SSSR count). The molecule has 10 heteroatoms. The minimum absolute atomic E-state index is 0.0749. The van der Waals surface area contributed by atoms with E-state index in [4.69, 9.17) is 14.9 Å². The maximum atomic E-state index is 13.3. The second-order valence-corrected chi connectivity index (χ2v) is 12.6. The van der Waals surface area contributed by atoms with Crippen LogP contribution >= 0.6 is 11.3 Å². The molecule has 2 fully saturated rings. The first-order chi connectivity index (χ1) is 19.1. The summed E-state index contributed by atoms with van der Waals surface area (Å²) in [6.07, 6.45) is 5.48. The normalized spacial score (nSPS) is 19.6. The van der Waals surface area contributed by atoms with Crippen molar-refractivity contribution < 1.29 is 23.9 Å². The van der Waals surface area contributed by atoms with E-state index < -0.39 is 23.8 Å². The molecule has 3 amide bonds. The summed E-state index contributed by atoms with van der Waals surface area (Å²) in [6.45, 7) is 6.42. The van der Waals surface area contributed by atoms with Crippen molar-refractivity contribution >= 4 is 35.3 Å². The van der Waals surface area contributed by atoms with Crippen LogP contribution in [0.2, 0.25) is 0 Å². The number of nitrogens with one attached hydrogen (secondary N) is 3. The van der Waals surface area contributed by atoms with E-state index in [2.05, 4.69) is 10.6 Å². The summed E-state index contributed by atoms with van der Waals surface area (Å²) in [5, 5.41) is 15.4. The molecule has 40 heavy (non-hydrogen) atoms. The standard InChI is InChI=1S/C30H40N4O5S/c1-30(2,3)39-29(37)34-17-22(21-12-8-5-9-13-21)15-25(34)27(35)32-16-24-14-23(19-40-24)26(31)33-28(36)38-18-20-10-6-4-7-11-20/h4,6-7,10-11,14,19,21-22,25H,5,8-9,12-13,15-18H2,1-3H3,(H,32,35)(H2,31,33,36)/t22-,25-/m0/s1. The van der Waals surface area contributed by atoms with Gasteiger partial charge in [-0.15, -0.1) is 11.3 Å². The van der Waals surface area contributed by atoms with Gasteiger partial charge in [-0.05, 0) is 50.7 Å². The van der Waals surface area contributed by atoms with Crippen LogP contribution in [0.3, 0.4) is 0 Å². The molecular formula is C30H40N4O5S. The molecule has 1 aromatic carbocycles. The third kappa shape index (κ3) is 8.30. The lowest BCUT2D eigenvalue weighted by Crippen LogP contribution is -2.47. The summed E-state index contributed by atoms with van der Waals surface area (Å²) in [5.74, 6) is 0.560. The van der Waals surface area contributed by atoms with Gasteiger partial charge < -0.3 is 14.8 Å². The molecule has 2 aromatic rings. The molecule has 0 bridgehead atoms. The lowest BCUT2D eigenvalue weighted by Gasteiger charge is -2.29. The summed E-state index contributed by atoms with van der Waals surface area (Å²) >= 11 is 1.39. The Kier molecular flexibility index (Phi) is 9.84. The Morgan fingerprint density at radius 1 is 1.07 bits per heavy atom. The number of alkyl carbamates (subject to hydrolysis) is 1. The third-order valence-electron chi connectivity index (χ3n) is 7.40. The quantitative estimate of drug-likeness (QED) is 0.287. The van der Waals surface area contributed by atoms with Gasteiger partial charge in [-0.3, -0.25) is 20.4 Å². The van der Waals surface area contributed by atoms with Gasteiger partial charge in [0.05, 0.1) is 6.54 Å². The number of amidine groups is 1. The summed E-state index contributed by atoms with van der Waals surface area (Å²) < 4.78 is 10.8. The number of ether oxygens (including phenoxy) is 2. The Balaban J connectivity index is 1.31. The Morgan fingerprint density at radius 3 is 2.50 bits per heavy atom. The number of likely N-dealkylation sites (tertiary alicyclic amines) is 1. The van der Waals surface area contributed by atoms with Crippen LogP contribution in [0.4, 0.5) is 9.59 Å². The van der Waals surface area contributed by atoms with Gasteiger partial charge in [0.2, 0.25) is 5.91 Å². The molecule has 0 radical (unpaired) electrons. The number of hydrogen-bond acceptors (Lipinski definition) is 7. The van der Waals surface area contributed by atoms with E-state index in [0.29, 0.717) is 30.4 Å². The van der Waals surface area contributed by atoms with Crippen LogP contribution in [-0.4, -0.2) is 47.0 Å². The maximum Gasteiger partial charge on any atom is 0.413 e. The molecule has 1 aromatic heterocycles. The summed E-state index contributed by atoms with van der Waals surface area (Å²) in [4.78, 5) is 40.9. The predicted molar refractivity (Wildman–Crippen MR) is 154 cm³/mol. The van der Waals surface area contributed by atoms with Crippen molar-refractivity contribution in [3.8, 4) is 0 Å². The zero-order chi connectivity index (χ0) is 28.7. The topological polar surface area (TPSA) is 121 Å². The predicted octanol–water partition coefficient (Wildman–Crippen LogP) is 5.82. The number of benzene rings is 1. The van der Waals surface area contributed by atoms with Crippen LogP contribution in [0.25, 0.3) is 0 Å². The molecule has 2 atom stereocenters. The van der Waals surface area contributed by atoms with Crippen LogP contribution in [0.15, 0.2) is 41.8 Å². The minimum Gasteiger partial charge on any atom is -0.444 e. The molecular weight excluding hydrogens is 528 g/mol. The summed E-state index contributed by atoms with van der Waals surface area (Å²) in [5.41, 5.74) is 0.746. The average molecular weight is 569 g/mol. The SMILES string of the molecule is CC(C)(C)OC(=O)N1C[C@@H](C2CCCCC2)C[C@H]1C(=O)NCc1cc(C(=N)NC(=O)OCc2ccccc2)cs1. The first kappa shape index (κ1) is 29.6. The molecule has 3 N–H and O–H groups in total. The first-order valence-electron chi connectivity index (χ1n) is 14.0. The molecule has 1 saturated heterocycles. The fourth-order valence-corrected chi connectivity index (χ4v) is 6.23. The minimum atomic E-state index is -0.703. The number of thiophene rings is 1. The molecule has 2 heterocycles.